The number of ether oxygens (including phenoxy) is 1. The average Bonchev–Trinajstić information content (AvgIpc) is 2.43. The van der Waals surface area contributed by atoms with Crippen LogP contribution in [0.15, 0.2) is 36.4 Å². The van der Waals surface area contributed by atoms with Crippen molar-refractivity contribution in [2.24, 2.45) is 0 Å². The van der Waals surface area contributed by atoms with Gasteiger partial charge in [-0.25, -0.2) is 0 Å². The molecule has 0 atom stereocenters. The van der Waals surface area contributed by atoms with Gasteiger partial charge in [0.25, 0.3) is 5.91 Å². The first-order valence-corrected chi connectivity index (χ1v) is 5.99. The Kier molecular flexibility index (Phi) is 3.80. The van der Waals surface area contributed by atoms with E-state index in [1.807, 2.05) is 36.4 Å². The minimum Gasteiger partial charge on any atom is -0.461 e. The van der Waals surface area contributed by atoms with E-state index < -0.39 is 0 Å². The first-order chi connectivity index (χ1) is 9.11. The molecule has 2 rings (SSSR count). The van der Waals surface area contributed by atoms with Crippen molar-refractivity contribution in [3.05, 3.63) is 47.5 Å². The van der Waals surface area contributed by atoms with Gasteiger partial charge in [-0.3, -0.25) is 9.59 Å². The number of hydrogen-bond acceptors (Lipinski definition) is 3. The molecule has 0 aliphatic heterocycles. The molecule has 0 aliphatic carbocycles. The Hall–Kier alpha value is -2.36. The molecule has 0 fully saturated rings. The van der Waals surface area contributed by atoms with Gasteiger partial charge in [0, 0.05) is 25.1 Å². The molecule has 0 spiro atoms. The van der Waals surface area contributed by atoms with E-state index in [0.29, 0.717) is 11.1 Å². The molecule has 98 valence electrons. The van der Waals surface area contributed by atoms with Gasteiger partial charge < -0.3 is 10.1 Å². The smallest absolute Gasteiger partial charge is 0.302 e. The van der Waals surface area contributed by atoms with Crippen LogP contribution in [-0.4, -0.2) is 18.9 Å². The second kappa shape index (κ2) is 5.52. The van der Waals surface area contributed by atoms with Crippen molar-refractivity contribution in [1.82, 2.24) is 5.32 Å². The quantitative estimate of drug-likeness (QED) is 0.858. The summed E-state index contributed by atoms with van der Waals surface area (Å²) in [6.07, 6.45) is 0. The zero-order valence-electron chi connectivity index (χ0n) is 10.9. The van der Waals surface area contributed by atoms with Crippen molar-refractivity contribution < 1.29 is 14.3 Å². The number of carbonyl (C=O) groups is 2. The second-order valence-corrected chi connectivity index (χ2v) is 4.22. The molecule has 0 aromatic heterocycles. The summed E-state index contributed by atoms with van der Waals surface area (Å²) in [5, 5.41) is 4.59. The zero-order chi connectivity index (χ0) is 13.8. The average molecular weight is 257 g/mol. The van der Waals surface area contributed by atoms with Crippen LogP contribution in [0.2, 0.25) is 0 Å². The lowest BCUT2D eigenvalue weighted by Crippen LogP contribution is -2.20. The number of nitrogens with one attached hydrogen (secondary N) is 1. The molecule has 0 radical (unpaired) electrons. The third kappa shape index (κ3) is 2.91. The van der Waals surface area contributed by atoms with Crippen LogP contribution in [0.5, 0.6) is 0 Å². The Balaban J connectivity index is 2.50. The molecule has 2 aromatic carbocycles. The van der Waals surface area contributed by atoms with E-state index in [9.17, 15) is 9.59 Å². The van der Waals surface area contributed by atoms with E-state index in [0.717, 1.165) is 10.8 Å². The van der Waals surface area contributed by atoms with Crippen LogP contribution in [0.4, 0.5) is 0 Å². The summed E-state index contributed by atoms with van der Waals surface area (Å²) < 4.78 is 4.99. The molecule has 0 aliphatic rings. The van der Waals surface area contributed by atoms with Crippen molar-refractivity contribution in [3.63, 3.8) is 0 Å². The van der Waals surface area contributed by atoms with Crippen LogP contribution in [0.3, 0.4) is 0 Å². The fraction of sp³-hybridized carbons (Fsp3) is 0.200. The predicted octanol–water partition coefficient (Wildman–Crippen LogP) is 2.26. The molecule has 0 saturated carbocycles. The summed E-state index contributed by atoms with van der Waals surface area (Å²) in [4.78, 5) is 22.8. The van der Waals surface area contributed by atoms with Crippen molar-refractivity contribution in [2.45, 2.75) is 13.5 Å². The van der Waals surface area contributed by atoms with Gasteiger partial charge in [-0.1, -0.05) is 24.3 Å². The largest absolute Gasteiger partial charge is 0.461 e. The Bertz CT molecular complexity index is 634. The number of esters is 1. The molecule has 4 heteroatoms. The lowest BCUT2D eigenvalue weighted by molar-refractivity contribution is -0.142. The third-order valence-corrected chi connectivity index (χ3v) is 2.87. The van der Waals surface area contributed by atoms with Crippen LogP contribution in [-0.2, 0) is 16.1 Å². The summed E-state index contributed by atoms with van der Waals surface area (Å²) >= 11 is 0. The normalized spacial score (nSPS) is 10.2. The third-order valence-electron chi connectivity index (χ3n) is 2.87. The summed E-state index contributed by atoms with van der Waals surface area (Å²) in [5.74, 6) is -0.552. The van der Waals surface area contributed by atoms with Gasteiger partial charge in [0.2, 0.25) is 0 Å². The summed E-state index contributed by atoms with van der Waals surface area (Å²) in [7, 11) is 1.58. The van der Waals surface area contributed by atoms with Gasteiger partial charge in [-0.2, -0.15) is 0 Å². The minimum atomic E-state index is -0.365. The van der Waals surface area contributed by atoms with Gasteiger partial charge in [-0.05, 0) is 22.9 Å². The van der Waals surface area contributed by atoms with E-state index in [4.69, 9.17) is 4.74 Å². The molecule has 0 bridgehead atoms. The molecular weight excluding hydrogens is 242 g/mol. The van der Waals surface area contributed by atoms with Crippen LogP contribution in [0, 0.1) is 0 Å². The van der Waals surface area contributed by atoms with Crippen molar-refractivity contribution in [1.29, 1.82) is 0 Å². The second-order valence-electron chi connectivity index (χ2n) is 4.22. The summed E-state index contributed by atoms with van der Waals surface area (Å²) in [6, 6.07) is 11.4. The molecule has 1 amide bonds. The number of carbonyl (C=O) groups excluding carboxylic acids is 2. The van der Waals surface area contributed by atoms with Crippen LogP contribution >= 0.6 is 0 Å². The SMILES string of the molecule is CNC(=O)c1cc2ccccc2cc1COC(C)=O. The van der Waals surface area contributed by atoms with Gasteiger partial charge in [0.05, 0.1) is 0 Å². The lowest BCUT2D eigenvalue weighted by atomic mass is 10.0. The molecule has 2 aromatic rings. The van der Waals surface area contributed by atoms with E-state index in [-0.39, 0.29) is 18.5 Å². The molecule has 0 heterocycles. The zero-order valence-corrected chi connectivity index (χ0v) is 10.9. The van der Waals surface area contributed by atoms with E-state index >= 15 is 0 Å². The molecule has 0 saturated heterocycles. The molecule has 1 N–H and O–H groups in total. The minimum absolute atomic E-state index is 0.100. The van der Waals surface area contributed by atoms with E-state index in [1.54, 1.807) is 7.05 Å². The monoisotopic (exact) mass is 257 g/mol. The number of hydrogen-bond donors (Lipinski definition) is 1. The Morgan fingerprint density at radius 1 is 1.16 bits per heavy atom. The maximum Gasteiger partial charge on any atom is 0.302 e. The van der Waals surface area contributed by atoms with Crippen LogP contribution in [0.25, 0.3) is 10.8 Å². The van der Waals surface area contributed by atoms with Gasteiger partial charge in [0.1, 0.15) is 6.61 Å². The predicted molar refractivity (Wildman–Crippen MR) is 72.8 cm³/mol. The number of rotatable bonds is 3. The molecule has 0 unspecified atom stereocenters. The standard InChI is InChI=1S/C15H15NO3/c1-10(17)19-9-13-7-11-5-3-4-6-12(11)8-14(13)15(18)16-2/h3-8H,9H2,1-2H3,(H,16,18). The highest BCUT2D eigenvalue weighted by Gasteiger charge is 2.12. The van der Waals surface area contributed by atoms with Crippen molar-refractivity contribution >= 4 is 22.6 Å². The fourth-order valence-electron chi connectivity index (χ4n) is 1.93. The number of amides is 1. The van der Waals surface area contributed by atoms with Crippen LogP contribution in [0.1, 0.15) is 22.8 Å². The molecule has 19 heavy (non-hydrogen) atoms. The summed E-state index contributed by atoms with van der Waals surface area (Å²) in [6.45, 7) is 1.45. The first-order valence-electron chi connectivity index (χ1n) is 5.99. The fourth-order valence-corrected chi connectivity index (χ4v) is 1.93. The van der Waals surface area contributed by atoms with Crippen molar-refractivity contribution in [2.75, 3.05) is 7.05 Å². The maximum absolute atomic E-state index is 11.9. The number of fused-ring (bicyclic) bond motifs is 1. The maximum atomic E-state index is 11.9. The van der Waals surface area contributed by atoms with Gasteiger partial charge in [0.15, 0.2) is 0 Å². The Morgan fingerprint density at radius 3 is 2.37 bits per heavy atom. The molecule has 4 nitrogen and oxygen atoms in total. The van der Waals surface area contributed by atoms with E-state index in [2.05, 4.69) is 5.32 Å². The summed E-state index contributed by atoms with van der Waals surface area (Å²) in [5.41, 5.74) is 1.23. The first kappa shape index (κ1) is 13.1. The molecular formula is C15H15NO3. The number of benzene rings is 2. The van der Waals surface area contributed by atoms with Crippen molar-refractivity contribution in [3.8, 4) is 0 Å². The Morgan fingerprint density at radius 2 is 1.79 bits per heavy atom. The Labute approximate surface area is 111 Å². The van der Waals surface area contributed by atoms with Crippen LogP contribution < -0.4 is 5.32 Å². The highest BCUT2D eigenvalue weighted by molar-refractivity contribution is 6.00. The highest BCUT2D eigenvalue weighted by atomic mass is 16.5. The lowest BCUT2D eigenvalue weighted by Gasteiger charge is -2.10. The highest BCUT2D eigenvalue weighted by Crippen LogP contribution is 2.21. The van der Waals surface area contributed by atoms with Gasteiger partial charge in [-0.15, -0.1) is 0 Å². The van der Waals surface area contributed by atoms with E-state index in [1.165, 1.54) is 6.92 Å². The topological polar surface area (TPSA) is 55.4 Å². The van der Waals surface area contributed by atoms with Gasteiger partial charge >= 0.3 is 5.97 Å².